The number of H-pyrrole nitrogens is 1. The molecule has 9 heteroatoms. The van der Waals surface area contributed by atoms with Crippen molar-refractivity contribution in [1.29, 1.82) is 0 Å². The number of aromatic nitrogens is 2. The predicted molar refractivity (Wildman–Crippen MR) is 80.1 cm³/mol. The molecule has 1 aliphatic rings. The van der Waals surface area contributed by atoms with Crippen molar-refractivity contribution in [3.8, 4) is 0 Å². The second-order valence-corrected chi connectivity index (χ2v) is 5.36. The molecule has 100 valence electrons. The number of guanidine groups is 1. The fourth-order valence-electron chi connectivity index (χ4n) is 1.75. The number of anilines is 1. The van der Waals surface area contributed by atoms with Crippen molar-refractivity contribution in [2.75, 3.05) is 18.4 Å². The quantitative estimate of drug-likeness (QED) is 0.550. The zero-order valence-corrected chi connectivity index (χ0v) is 12.3. The van der Waals surface area contributed by atoms with Crippen LogP contribution in [-0.4, -0.2) is 29.0 Å². The van der Waals surface area contributed by atoms with Gasteiger partial charge in [-0.05, 0) is 0 Å². The Kier molecular flexibility index (Phi) is 3.39. The van der Waals surface area contributed by atoms with E-state index in [-0.39, 0.29) is 20.1 Å². The summed E-state index contributed by atoms with van der Waals surface area (Å²) < 4.78 is 0. The number of benzene rings is 1. The lowest BCUT2D eigenvalue weighted by molar-refractivity contribution is 0.958. The SMILES string of the molecule is Clc1c(Cl)c(Cl)c2[nH]c(NC3=NCCN3)nc2c1Cl. The van der Waals surface area contributed by atoms with E-state index in [1.54, 1.807) is 0 Å². The van der Waals surface area contributed by atoms with Crippen LogP contribution in [-0.2, 0) is 0 Å². The van der Waals surface area contributed by atoms with Gasteiger partial charge in [0.25, 0.3) is 0 Å². The van der Waals surface area contributed by atoms with E-state index in [9.17, 15) is 0 Å². The van der Waals surface area contributed by atoms with Gasteiger partial charge in [0.15, 0.2) is 5.96 Å². The molecule has 0 atom stereocenters. The van der Waals surface area contributed by atoms with Gasteiger partial charge in [-0.3, -0.25) is 10.3 Å². The largest absolute Gasteiger partial charge is 0.354 e. The molecule has 1 aromatic carbocycles. The first-order chi connectivity index (χ1) is 9.08. The molecule has 0 saturated carbocycles. The van der Waals surface area contributed by atoms with E-state index < -0.39 is 0 Å². The number of imidazole rings is 1. The molecule has 5 nitrogen and oxygen atoms in total. The van der Waals surface area contributed by atoms with E-state index in [0.29, 0.717) is 22.9 Å². The highest BCUT2D eigenvalue weighted by atomic mass is 35.5. The Balaban J connectivity index is 2.10. The Morgan fingerprint density at radius 3 is 2.42 bits per heavy atom. The second kappa shape index (κ2) is 4.90. The molecule has 0 saturated heterocycles. The molecule has 3 rings (SSSR count). The first kappa shape index (κ1) is 13.1. The zero-order chi connectivity index (χ0) is 13.6. The third-order valence-corrected chi connectivity index (χ3v) is 4.41. The lowest BCUT2D eigenvalue weighted by Crippen LogP contribution is -2.26. The van der Waals surface area contributed by atoms with Crippen LogP contribution in [0.5, 0.6) is 0 Å². The monoisotopic (exact) mass is 337 g/mol. The molecule has 0 radical (unpaired) electrons. The Labute approximate surface area is 128 Å². The molecule has 0 aliphatic carbocycles. The van der Waals surface area contributed by atoms with Gasteiger partial charge in [0.2, 0.25) is 5.95 Å². The molecule has 3 N–H and O–H groups in total. The van der Waals surface area contributed by atoms with Crippen LogP contribution in [0.2, 0.25) is 20.1 Å². The third kappa shape index (κ3) is 2.21. The topological polar surface area (TPSA) is 65.1 Å². The summed E-state index contributed by atoms with van der Waals surface area (Å²) >= 11 is 24.2. The number of nitrogens with one attached hydrogen (secondary N) is 3. The van der Waals surface area contributed by atoms with Crippen LogP contribution in [0.15, 0.2) is 4.99 Å². The fraction of sp³-hybridized carbons (Fsp3) is 0.200. The fourth-order valence-corrected chi connectivity index (χ4v) is 2.68. The minimum atomic E-state index is 0.190. The summed E-state index contributed by atoms with van der Waals surface area (Å²) in [7, 11) is 0. The van der Waals surface area contributed by atoms with Crippen LogP contribution < -0.4 is 10.6 Å². The van der Waals surface area contributed by atoms with E-state index in [1.807, 2.05) is 0 Å². The number of nitrogens with zero attached hydrogens (tertiary/aromatic N) is 2. The van der Waals surface area contributed by atoms with Gasteiger partial charge < -0.3 is 10.3 Å². The van der Waals surface area contributed by atoms with Crippen molar-refractivity contribution in [3.05, 3.63) is 20.1 Å². The van der Waals surface area contributed by atoms with Crippen molar-refractivity contribution in [1.82, 2.24) is 15.3 Å². The molecule has 19 heavy (non-hydrogen) atoms. The highest BCUT2D eigenvalue weighted by Crippen LogP contribution is 2.42. The summed E-state index contributed by atoms with van der Waals surface area (Å²) in [6.07, 6.45) is 0. The maximum Gasteiger partial charge on any atom is 0.208 e. The van der Waals surface area contributed by atoms with Crippen LogP contribution >= 0.6 is 46.4 Å². The number of halogens is 4. The summed E-state index contributed by atoms with van der Waals surface area (Å²) in [5.74, 6) is 1.11. The van der Waals surface area contributed by atoms with Gasteiger partial charge in [-0.1, -0.05) is 46.4 Å². The van der Waals surface area contributed by atoms with Gasteiger partial charge >= 0.3 is 0 Å². The van der Waals surface area contributed by atoms with Crippen LogP contribution in [0.3, 0.4) is 0 Å². The molecule has 0 bridgehead atoms. The minimum absolute atomic E-state index is 0.190. The maximum atomic E-state index is 6.11. The average Bonchev–Trinajstić information content (AvgIpc) is 3.04. The van der Waals surface area contributed by atoms with Crippen molar-refractivity contribution >= 4 is 69.3 Å². The lowest BCUT2D eigenvalue weighted by atomic mass is 10.3. The minimum Gasteiger partial charge on any atom is -0.354 e. The molecular formula is C10H7Cl4N5. The van der Waals surface area contributed by atoms with Gasteiger partial charge in [0.1, 0.15) is 5.52 Å². The smallest absolute Gasteiger partial charge is 0.208 e. The Bertz CT molecular complexity index is 648. The normalized spacial score (nSPS) is 14.6. The van der Waals surface area contributed by atoms with E-state index in [2.05, 4.69) is 25.6 Å². The van der Waals surface area contributed by atoms with Crippen LogP contribution in [0, 0.1) is 0 Å². The van der Waals surface area contributed by atoms with E-state index >= 15 is 0 Å². The molecular weight excluding hydrogens is 332 g/mol. The van der Waals surface area contributed by atoms with Gasteiger partial charge in [-0.25, -0.2) is 4.98 Å². The second-order valence-electron chi connectivity index (χ2n) is 3.85. The molecule has 0 fully saturated rings. The Hall–Kier alpha value is -0.880. The van der Waals surface area contributed by atoms with Gasteiger partial charge in [-0.2, -0.15) is 0 Å². The van der Waals surface area contributed by atoms with Crippen molar-refractivity contribution in [2.24, 2.45) is 4.99 Å². The molecule has 1 aliphatic heterocycles. The van der Waals surface area contributed by atoms with E-state index in [1.165, 1.54) is 0 Å². The zero-order valence-electron chi connectivity index (χ0n) is 9.32. The van der Waals surface area contributed by atoms with Gasteiger partial charge in [0.05, 0.1) is 32.2 Å². The highest BCUT2D eigenvalue weighted by Gasteiger charge is 2.19. The lowest BCUT2D eigenvalue weighted by Gasteiger charge is -2.02. The number of hydrogen-bond acceptors (Lipinski definition) is 4. The Morgan fingerprint density at radius 1 is 1.00 bits per heavy atom. The van der Waals surface area contributed by atoms with Crippen LogP contribution in [0.1, 0.15) is 0 Å². The summed E-state index contributed by atoms with van der Waals surface area (Å²) in [6, 6.07) is 0. The van der Waals surface area contributed by atoms with Crippen molar-refractivity contribution < 1.29 is 0 Å². The first-order valence-corrected chi connectivity index (χ1v) is 6.86. The van der Waals surface area contributed by atoms with E-state index in [0.717, 1.165) is 13.1 Å². The molecule has 2 heterocycles. The molecule has 1 aromatic heterocycles. The standard InChI is InChI=1S/C10H7Cl4N5/c11-3-4(12)6(14)8-7(5(3)13)17-10(18-8)19-9-15-1-2-16-9/h1-2H2,(H3,15,16,17,18,19). The summed E-state index contributed by atoms with van der Waals surface area (Å²) in [5, 5.41) is 6.99. The number of aliphatic imine (C=N–C) groups is 1. The van der Waals surface area contributed by atoms with Gasteiger partial charge in [0, 0.05) is 6.54 Å². The summed E-state index contributed by atoms with van der Waals surface area (Å²) in [6.45, 7) is 1.52. The van der Waals surface area contributed by atoms with Crippen molar-refractivity contribution in [3.63, 3.8) is 0 Å². The number of hydrogen-bond donors (Lipinski definition) is 3. The molecule has 0 amide bonds. The third-order valence-electron chi connectivity index (χ3n) is 2.62. The van der Waals surface area contributed by atoms with Crippen LogP contribution in [0.25, 0.3) is 11.0 Å². The molecule has 2 aromatic rings. The highest BCUT2D eigenvalue weighted by molar-refractivity contribution is 6.55. The number of aromatic amines is 1. The average molecular weight is 339 g/mol. The van der Waals surface area contributed by atoms with Gasteiger partial charge in [-0.15, -0.1) is 0 Å². The maximum absolute atomic E-state index is 6.11. The summed E-state index contributed by atoms with van der Waals surface area (Å²) in [5.41, 5.74) is 0.990. The predicted octanol–water partition coefficient (Wildman–Crippen LogP) is 3.55. The summed E-state index contributed by atoms with van der Waals surface area (Å²) in [4.78, 5) is 11.5. The molecule has 0 unspecified atom stereocenters. The van der Waals surface area contributed by atoms with E-state index in [4.69, 9.17) is 46.4 Å². The number of fused-ring (bicyclic) bond motifs is 1. The molecule has 0 spiro atoms. The van der Waals surface area contributed by atoms with Crippen LogP contribution in [0.4, 0.5) is 5.95 Å². The van der Waals surface area contributed by atoms with Crippen molar-refractivity contribution in [2.45, 2.75) is 0 Å². The Morgan fingerprint density at radius 2 is 1.74 bits per heavy atom. The number of rotatable bonds is 1. The first-order valence-electron chi connectivity index (χ1n) is 5.35.